The van der Waals surface area contributed by atoms with Gasteiger partial charge in [-0.3, -0.25) is 4.31 Å². The normalized spacial score (nSPS) is 11.6. The average molecular weight is 471 g/mol. The van der Waals surface area contributed by atoms with Gasteiger partial charge >= 0.3 is 0 Å². The van der Waals surface area contributed by atoms with Gasteiger partial charge in [0.1, 0.15) is 0 Å². The molecule has 9 nitrogen and oxygen atoms in total. The summed E-state index contributed by atoms with van der Waals surface area (Å²) in [6.07, 6.45) is 1.18. The third-order valence-electron chi connectivity index (χ3n) is 4.74. The molecule has 2 aromatic carbocycles. The van der Waals surface area contributed by atoms with Crippen LogP contribution in [0.1, 0.15) is 17.3 Å². The SMILES string of the molecule is Cc1ccc(N(Cc2nnc(SCc3nnc(-c4ccccc4)o3)n2C)S(C)(=O)=O)cc1. The Kier molecular flexibility index (Phi) is 6.28. The molecular formula is C21H22N6O3S2. The summed E-state index contributed by atoms with van der Waals surface area (Å²) in [5.74, 6) is 1.87. The Morgan fingerprint density at radius 2 is 1.72 bits per heavy atom. The van der Waals surface area contributed by atoms with E-state index in [9.17, 15) is 8.42 Å². The molecule has 4 rings (SSSR count). The molecule has 0 saturated carbocycles. The van der Waals surface area contributed by atoms with E-state index >= 15 is 0 Å². The number of nitrogens with zero attached hydrogens (tertiary/aromatic N) is 6. The Balaban J connectivity index is 1.47. The first-order valence-electron chi connectivity index (χ1n) is 9.74. The number of aryl methyl sites for hydroxylation is 1. The zero-order valence-corrected chi connectivity index (χ0v) is 19.5. The number of benzene rings is 2. The molecule has 0 unspecified atom stereocenters. The van der Waals surface area contributed by atoms with Crippen molar-refractivity contribution in [2.24, 2.45) is 7.05 Å². The van der Waals surface area contributed by atoms with Crippen molar-refractivity contribution in [1.29, 1.82) is 0 Å². The van der Waals surface area contributed by atoms with Crippen LogP contribution in [0.25, 0.3) is 11.5 Å². The minimum absolute atomic E-state index is 0.0741. The van der Waals surface area contributed by atoms with Gasteiger partial charge in [0.25, 0.3) is 0 Å². The van der Waals surface area contributed by atoms with Crippen molar-refractivity contribution in [1.82, 2.24) is 25.0 Å². The van der Waals surface area contributed by atoms with E-state index in [0.717, 1.165) is 11.1 Å². The van der Waals surface area contributed by atoms with E-state index in [4.69, 9.17) is 4.42 Å². The number of hydrogen-bond acceptors (Lipinski definition) is 8. The standard InChI is InChI=1S/C21H22N6O3S2/c1-15-9-11-17(12-10-15)27(32(3,28)29)13-18-22-25-21(26(18)2)31-14-19-23-24-20(30-19)16-7-5-4-6-8-16/h4-12H,13-14H2,1-3H3. The smallest absolute Gasteiger partial charge is 0.247 e. The second-order valence-electron chi connectivity index (χ2n) is 7.22. The molecule has 0 N–H and O–H groups in total. The maximum absolute atomic E-state index is 12.4. The van der Waals surface area contributed by atoms with E-state index < -0.39 is 10.0 Å². The zero-order chi connectivity index (χ0) is 22.7. The minimum atomic E-state index is -3.50. The van der Waals surface area contributed by atoms with Gasteiger partial charge in [-0.1, -0.05) is 47.7 Å². The van der Waals surface area contributed by atoms with E-state index in [-0.39, 0.29) is 6.54 Å². The van der Waals surface area contributed by atoms with E-state index in [0.29, 0.717) is 34.2 Å². The van der Waals surface area contributed by atoms with Gasteiger partial charge in [0.2, 0.25) is 21.8 Å². The number of rotatable bonds is 8. The highest BCUT2D eigenvalue weighted by atomic mass is 32.2. The highest BCUT2D eigenvalue weighted by Crippen LogP contribution is 2.25. The minimum Gasteiger partial charge on any atom is -0.420 e. The van der Waals surface area contributed by atoms with Crippen LogP contribution in [0, 0.1) is 6.92 Å². The monoisotopic (exact) mass is 470 g/mol. The van der Waals surface area contributed by atoms with Crippen molar-refractivity contribution in [2.75, 3.05) is 10.6 Å². The average Bonchev–Trinajstić information content (AvgIpc) is 3.38. The van der Waals surface area contributed by atoms with Gasteiger partial charge in [-0.15, -0.1) is 20.4 Å². The lowest BCUT2D eigenvalue weighted by atomic mass is 10.2. The molecule has 166 valence electrons. The molecule has 0 spiro atoms. The van der Waals surface area contributed by atoms with E-state index in [2.05, 4.69) is 20.4 Å². The molecule has 4 aromatic rings. The number of thioether (sulfide) groups is 1. The van der Waals surface area contributed by atoms with Crippen molar-refractivity contribution in [3.8, 4) is 11.5 Å². The summed E-state index contributed by atoms with van der Waals surface area (Å²) in [4.78, 5) is 0. The maximum Gasteiger partial charge on any atom is 0.247 e. The Hall–Kier alpha value is -3.18. The topological polar surface area (TPSA) is 107 Å². The van der Waals surface area contributed by atoms with Gasteiger partial charge in [0.05, 0.1) is 24.2 Å². The molecule has 0 saturated heterocycles. The number of hydrogen-bond donors (Lipinski definition) is 0. The first kappa shape index (κ1) is 22.0. The molecule has 2 heterocycles. The Bertz CT molecular complexity index is 1300. The van der Waals surface area contributed by atoms with Crippen molar-refractivity contribution in [2.45, 2.75) is 24.4 Å². The fourth-order valence-corrected chi connectivity index (χ4v) is 4.61. The fraction of sp³-hybridized carbons (Fsp3) is 0.238. The Labute approximate surface area is 190 Å². The summed E-state index contributed by atoms with van der Waals surface area (Å²) >= 11 is 1.39. The Morgan fingerprint density at radius 1 is 1.00 bits per heavy atom. The molecule has 0 radical (unpaired) electrons. The first-order valence-corrected chi connectivity index (χ1v) is 12.6. The van der Waals surface area contributed by atoms with Crippen LogP contribution >= 0.6 is 11.8 Å². The van der Waals surface area contributed by atoms with Crippen LogP contribution in [0.15, 0.2) is 64.2 Å². The highest BCUT2D eigenvalue weighted by Gasteiger charge is 2.21. The van der Waals surface area contributed by atoms with Gasteiger partial charge in [0, 0.05) is 12.6 Å². The van der Waals surface area contributed by atoms with Crippen LogP contribution in [0.2, 0.25) is 0 Å². The second-order valence-corrected chi connectivity index (χ2v) is 10.1. The quantitative estimate of drug-likeness (QED) is 0.361. The van der Waals surface area contributed by atoms with Crippen molar-refractivity contribution < 1.29 is 12.8 Å². The second kappa shape index (κ2) is 9.13. The molecule has 11 heteroatoms. The van der Waals surface area contributed by atoms with Crippen LogP contribution < -0.4 is 4.31 Å². The van der Waals surface area contributed by atoms with Crippen LogP contribution in [0.3, 0.4) is 0 Å². The van der Waals surface area contributed by atoms with Crippen molar-refractivity contribution >= 4 is 27.5 Å². The van der Waals surface area contributed by atoms with Crippen LogP contribution in [0.4, 0.5) is 5.69 Å². The van der Waals surface area contributed by atoms with E-state index in [1.54, 1.807) is 23.7 Å². The summed E-state index contributed by atoms with van der Waals surface area (Å²) in [7, 11) is -1.70. The predicted octanol–water partition coefficient (Wildman–Crippen LogP) is 3.43. The summed E-state index contributed by atoms with van der Waals surface area (Å²) in [5, 5.41) is 17.2. The summed E-state index contributed by atoms with van der Waals surface area (Å²) in [6, 6.07) is 16.9. The lowest BCUT2D eigenvalue weighted by Gasteiger charge is -2.22. The highest BCUT2D eigenvalue weighted by molar-refractivity contribution is 7.98. The first-order chi connectivity index (χ1) is 15.3. The van der Waals surface area contributed by atoms with Gasteiger partial charge in [-0.05, 0) is 31.2 Å². The largest absolute Gasteiger partial charge is 0.420 e. The van der Waals surface area contributed by atoms with E-state index in [1.807, 2.05) is 49.4 Å². The van der Waals surface area contributed by atoms with Gasteiger partial charge in [-0.2, -0.15) is 0 Å². The molecule has 0 aliphatic rings. The third-order valence-corrected chi connectivity index (χ3v) is 6.89. The molecule has 0 bridgehead atoms. The molecule has 0 atom stereocenters. The molecule has 0 fully saturated rings. The lowest BCUT2D eigenvalue weighted by molar-refractivity contribution is 0.528. The molecule has 0 aliphatic heterocycles. The number of aromatic nitrogens is 5. The zero-order valence-electron chi connectivity index (χ0n) is 17.8. The van der Waals surface area contributed by atoms with Gasteiger partial charge < -0.3 is 8.98 Å². The summed E-state index contributed by atoms with van der Waals surface area (Å²) in [5.41, 5.74) is 2.49. The summed E-state index contributed by atoms with van der Waals surface area (Å²) < 4.78 is 33.6. The van der Waals surface area contributed by atoms with E-state index in [1.165, 1.54) is 22.3 Å². The molecular weight excluding hydrogens is 448 g/mol. The molecule has 0 aliphatic carbocycles. The van der Waals surface area contributed by atoms with Crippen LogP contribution in [0.5, 0.6) is 0 Å². The molecule has 0 amide bonds. The molecule has 32 heavy (non-hydrogen) atoms. The summed E-state index contributed by atoms with van der Waals surface area (Å²) in [6.45, 7) is 2.03. The van der Waals surface area contributed by atoms with Crippen molar-refractivity contribution in [3.05, 3.63) is 71.9 Å². The molecule has 2 aromatic heterocycles. The van der Waals surface area contributed by atoms with Gasteiger partial charge in [-0.25, -0.2) is 8.42 Å². The Morgan fingerprint density at radius 3 is 2.41 bits per heavy atom. The number of anilines is 1. The van der Waals surface area contributed by atoms with Gasteiger partial charge in [0.15, 0.2) is 11.0 Å². The number of sulfonamides is 1. The predicted molar refractivity (Wildman–Crippen MR) is 123 cm³/mol. The van der Waals surface area contributed by atoms with Crippen molar-refractivity contribution in [3.63, 3.8) is 0 Å². The van der Waals surface area contributed by atoms with Crippen LogP contribution in [-0.2, 0) is 29.4 Å². The lowest BCUT2D eigenvalue weighted by Crippen LogP contribution is -2.30. The maximum atomic E-state index is 12.4. The fourth-order valence-electron chi connectivity index (χ4n) is 2.98. The third kappa shape index (κ3) is 5.00. The van der Waals surface area contributed by atoms with Crippen LogP contribution in [-0.4, -0.2) is 39.6 Å².